The van der Waals surface area contributed by atoms with Crippen molar-refractivity contribution in [2.24, 2.45) is 0 Å². The Hall–Kier alpha value is -1.17. The molecule has 4 N–H and O–H groups in total. The summed E-state index contributed by atoms with van der Waals surface area (Å²) in [4.78, 5) is 12.5. The maximum atomic E-state index is 12.5. The van der Waals surface area contributed by atoms with E-state index in [1.807, 2.05) is 6.08 Å². The maximum Gasteiger partial charge on any atom is 0.249 e. The Labute approximate surface area is 362 Å². The number of nitrogens with one attached hydrogen (secondary N) is 1. The van der Waals surface area contributed by atoms with Crippen LogP contribution in [0.25, 0.3) is 0 Å². The molecule has 0 aliphatic carbocycles. The van der Waals surface area contributed by atoms with Crippen molar-refractivity contribution in [2.75, 3.05) is 6.61 Å². The molecule has 58 heavy (non-hydrogen) atoms. The lowest BCUT2D eigenvalue weighted by atomic mass is 10.0. The van der Waals surface area contributed by atoms with Gasteiger partial charge in [-0.3, -0.25) is 4.79 Å². The number of allylic oxidation sites excluding steroid dienone is 3. The van der Waals surface area contributed by atoms with Crippen molar-refractivity contribution < 1.29 is 20.1 Å². The van der Waals surface area contributed by atoms with Gasteiger partial charge in [0.15, 0.2) is 0 Å². The lowest BCUT2D eigenvalue weighted by molar-refractivity contribution is -0.131. The van der Waals surface area contributed by atoms with Crippen LogP contribution in [0.15, 0.2) is 24.3 Å². The predicted octanol–water partition coefficient (Wildman–Crippen LogP) is 15.7. The summed E-state index contributed by atoms with van der Waals surface area (Å²) in [5.41, 5.74) is 0. The minimum Gasteiger partial charge on any atom is -0.394 e. The molecule has 0 fully saturated rings. The van der Waals surface area contributed by atoms with Crippen LogP contribution in [0.5, 0.6) is 0 Å². The Morgan fingerprint density at radius 1 is 0.414 bits per heavy atom. The van der Waals surface area contributed by atoms with Crippen LogP contribution in [0.2, 0.25) is 0 Å². The summed E-state index contributed by atoms with van der Waals surface area (Å²) < 4.78 is 0. The van der Waals surface area contributed by atoms with Crippen LogP contribution in [-0.2, 0) is 4.79 Å². The highest BCUT2D eigenvalue weighted by molar-refractivity contribution is 5.80. The van der Waals surface area contributed by atoms with Gasteiger partial charge in [0.2, 0.25) is 5.91 Å². The number of carbonyl (C=O) groups excluding carboxylic acids is 1. The van der Waals surface area contributed by atoms with Crippen LogP contribution >= 0.6 is 0 Å². The van der Waals surface area contributed by atoms with Crippen molar-refractivity contribution in [3.8, 4) is 0 Å². The van der Waals surface area contributed by atoms with Crippen LogP contribution in [0.4, 0.5) is 0 Å². The van der Waals surface area contributed by atoms with Gasteiger partial charge in [-0.15, -0.1) is 0 Å². The molecule has 0 aliphatic heterocycles. The number of aliphatic hydroxyl groups excluding tert-OH is 3. The smallest absolute Gasteiger partial charge is 0.249 e. The summed E-state index contributed by atoms with van der Waals surface area (Å²) in [5.74, 6) is -0.501. The normalized spacial score (nSPS) is 13.5. The van der Waals surface area contributed by atoms with Gasteiger partial charge in [0, 0.05) is 0 Å². The van der Waals surface area contributed by atoms with Crippen molar-refractivity contribution in [1.29, 1.82) is 0 Å². The predicted molar refractivity (Wildman–Crippen MR) is 255 cm³/mol. The van der Waals surface area contributed by atoms with E-state index in [2.05, 4.69) is 31.3 Å². The molecule has 0 rings (SSSR count). The molecule has 3 unspecified atom stereocenters. The Bertz CT molecular complexity index is 859. The molecule has 0 saturated heterocycles. The van der Waals surface area contributed by atoms with E-state index in [-0.39, 0.29) is 6.61 Å². The minimum absolute atomic E-state index is 0.362. The molecule has 0 aromatic heterocycles. The zero-order valence-electron chi connectivity index (χ0n) is 39.2. The van der Waals surface area contributed by atoms with E-state index in [1.54, 1.807) is 6.08 Å². The van der Waals surface area contributed by atoms with E-state index >= 15 is 0 Å². The van der Waals surface area contributed by atoms with Crippen LogP contribution in [0.3, 0.4) is 0 Å². The fourth-order valence-corrected chi connectivity index (χ4v) is 8.18. The van der Waals surface area contributed by atoms with Gasteiger partial charge in [0.1, 0.15) is 6.10 Å². The monoisotopic (exact) mass is 818 g/mol. The molecule has 0 saturated carbocycles. The van der Waals surface area contributed by atoms with Crippen LogP contribution in [-0.4, -0.2) is 46.1 Å². The van der Waals surface area contributed by atoms with Crippen LogP contribution in [0, 0.1) is 0 Å². The van der Waals surface area contributed by atoms with Gasteiger partial charge in [-0.05, 0) is 44.9 Å². The van der Waals surface area contributed by atoms with E-state index < -0.39 is 24.2 Å². The molecule has 3 atom stereocenters. The molecule has 1 amide bonds. The average Bonchev–Trinajstić information content (AvgIpc) is 3.23. The van der Waals surface area contributed by atoms with E-state index in [0.717, 1.165) is 32.1 Å². The second kappa shape index (κ2) is 48.5. The van der Waals surface area contributed by atoms with Crippen LogP contribution in [0.1, 0.15) is 284 Å². The molecule has 0 radical (unpaired) electrons. The zero-order valence-corrected chi connectivity index (χ0v) is 39.2. The van der Waals surface area contributed by atoms with Gasteiger partial charge in [-0.1, -0.05) is 263 Å². The van der Waals surface area contributed by atoms with E-state index in [1.165, 1.54) is 231 Å². The molecule has 0 bridgehead atoms. The number of hydrogen-bond acceptors (Lipinski definition) is 4. The summed E-state index contributed by atoms with van der Waals surface area (Å²) in [6.07, 6.45) is 60.9. The number of carbonyl (C=O) groups is 1. The largest absolute Gasteiger partial charge is 0.394 e. The first-order valence-corrected chi connectivity index (χ1v) is 26.2. The fourth-order valence-electron chi connectivity index (χ4n) is 8.18. The van der Waals surface area contributed by atoms with Gasteiger partial charge in [-0.25, -0.2) is 0 Å². The van der Waals surface area contributed by atoms with Gasteiger partial charge in [0.05, 0.1) is 18.8 Å². The molecular formula is C53H103NO4. The Morgan fingerprint density at radius 2 is 0.690 bits per heavy atom. The number of unbranched alkanes of at least 4 members (excludes halogenated alkanes) is 38. The van der Waals surface area contributed by atoms with Crippen molar-refractivity contribution >= 4 is 5.91 Å². The lowest BCUT2D eigenvalue weighted by Gasteiger charge is -2.21. The van der Waals surface area contributed by atoms with E-state index in [9.17, 15) is 20.1 Å². The van der Waals surface area contributed by atoms with E-state index in [4.69, 9.17) is 0 Å². The third kappa shape index (κ3) is 42.9. The number of aliphatic hydroxyl groups is 3. The molecule has 5 nitrogen and oxygen atoms in total. The Kier molecular flexibility index (Phi) is 47.5. The standard InChI is InChI=1S/C53H103NO4/c1-3-5-7-9-11-13-15-17-19-21-23-24-25-26-27-28-29-30-32-34-36-38-40-42-44-46-48-52(57)53(58)54-50(49-55)51(56)47-45-43-41-39-37-35-33-31-22-20-18-16-14-12-10-8-6-4-2/h26-27,45,47,50-52,55-57H,3-25,28-44,46,48-49H2,1-2H3,(H,54,58)/b27-26-,47-45+. The average molecular weight is 818 g/mol. The topological polar surface area (TPSA) is 89.8 Å². The number of rotatable bonds is 48. The third-order valence-electron chi connectivity index (χ3n) is 12.3. The number of hydrogen-bond donors (Lipinski definition) is 4. The van der Waals surface area contributed by atoms with E-state index in [0.29, 0.717) is 6.42 Å². The lowest BCUT2D eigenvalue weighted by Crippen LogP contribution is -2.48. The highest BCUT2D eigenvalue weighted by Gasteiger charge is 2.22. The quantitative estimate of drug-likeness (QED) is 0.0364. The third-order valence-corrected chi connectivity index (χ3v) is 12.3. The van der Waals surface area contributed by atoms with Gasteiger partial charge < -0.3 is 20.6 Å². The summed E-state index contributed by atoms with van der Waals surface area (Å²) in [6.45, 7) is 4.21. The molecule has 344 valence electrons. The molecular weight excluding hydrogens is 715 g/mol. The molecule has 0 heterocycles. The summed E-state index contributed by atoms with van der Waals surface area (Å²) in [5, 5.41) is 33.3. The maximum absolute atomic E-state index is 12.5. The van der Waals surface area contributed by atoms with Crippen LogP contribution < -0.4 is 5.32 Å². The first-order chi connectivity index (χ1) is 28.6. The van der Waals surface area contributed by atoms with Crippen molar-refractivity contribution in [3.63, 3.8) is 0 Å². The van der Waals surface area contributed by atoms with Gasteiger partial charge in [0.25, 0.3) is 0 Å². The highest BCUT2D eigenvalue weighted by Crippen LogP contribution is 2.17. The van der Waals surface area contributed by atoms with Gasteiger partial charge >= 0.3 is 0 Å². The van der Waals surface area contributed by atoms with Crippen molar-refractivity contribution in [3.05, 3.63) is 24.3 Å². The summed E-state index contributed by atoms with van der Waals surface area (Å²) in [7, 11) is 0. The summed E-state index contributed by atoms with van der Waals surface area (Å²) >= 11 is 0. The Balaban J connectivity index is 3.58. The van der Waals surface area contributed by atoms with Gasteiger partial charge in [-0.2, -0.15) is 0 Å². The first-order valence-electron chi connectivity index (χ1n) is 26.2. The zero-order chi connectivity index (χ0) is 42.3. The molecule has 0 spiro atoms. The Morgan fingerprint density at radius 3 is 1.00 bits per heavy atom. The molecule has 0 aromatic rings. The molecule has 0 aliphatic rings. The van der Waals surface area contributed by atoms with Crippen molar-refractivity contribution in [2.45, 2.75) is 302 Å². The highest BCUT2D eigenvalue weighted by atomic mass is 16.3. The number of amides is 1. The second-order valence-electron chi connectivity index (χ2n) is 18.1. The second-order valence-corrected chi connectivity index (χ2v) is 18.1. The van der Waals surface area contributed by atoms with Crippen molar-refractivity contribution in [1.82, 2.24) is 5.32 Å². The molecule has 0 aromatic carbocycles. The SMILES string of the molecule is CCCCCCCCCCCCCC/C=C\CCCCCCCCCCCCC(O)C(=O)NC(CO)C(O)/C=C/CCCCCCCCCCCCCCCCCC. The first kappa shape index (κ1) is 56.8. The summed E-state index contributed by atoms with van der Waals surface area (Å²) in [6, 6.07) is -0.797. The minimum atomic E-state index is -1.10. The molecule has 5 heteroatoms. The fraction of sp³-hybridized carbons (Fsp3) is 0.906.